The molecule has 2 atom stereocenters. The predicted octanol–water partition coefficient (Wildman–Crippen LogP) is 2.61. The van der Waals surface area contributed by atoms with Gasteiger partial charge in [-0.2, -0.15) is 4.98 Å². The van der Waals surface area contributed by atoms with E-state index in [2.05, 4.69) is 10.1 Å². The number of benzene rings is 1. The molecule has 19 heavy (non-hydrogen) atoms. The molecule has 1 aromatic heterocycles. The van der Waals surface area contributed by atoms with E-state index in [9.17, 15) is 8.78 Å². The minimum Gasteiger partial charge on any atom is -0.339 e. The molecule has 1 saturated carbocycles. The maximum absolute atomic E-state index is 13.1. The van der Waals surface area contributed by atoms with Gasteiger partial charge in [-0.1, -0.05) is 11.6 Å². The van der Waals surface area contributed by atoms with Crippen molar-refractivity contribution < 1.29 is 13.3 Å². The summed E-state index contributed by atoms with van der Waals surface area (Å²) < 4.78 is 31.4. The van der Waals surface area contributed by atoms with E-state index in [1.54, 1.807) is 0 Å². The third-order valence-electron chi connectivity index (χ3n) is 3.45. The first-order chi connectivity index (χ1) is 9.13. The third kappa shape index (κ3) is 2.35. The fourth-order valence-corrected chi connectivity index (χ4v) is 2.48. The zero-order chi connectivity index (χ0) is 13.4. The Labute approximate surface area is 108 Å². The first-order valence-corrected chi connectivity index (χ1v) is 6.19. The summed E-state index contributed by atoms with van der Waals surface area (Å²) in [5.41, 5.74) is 6.22. The molecule has 2 unspecified atom stereocenters. The Balaban J connectivity index is 1.92. The molecule has 0 bridgehead atoms. The summed E-state index contributed by atoms with van der Waals surface area (Å²) in [6, 6.07) is 3.16. The molecule has 1 fully saturated rings. The van der Waals surface area contributed by atoms with Crippen molar-refractivity contribution >= 4 is 0 Å². The van der Waals surface area contributed by atoms with E-state index in [0.29, 0.717) is 5.89 Å². The van der Waals surface area contributed by atoms with Crippen molar-refractivity contribution in [1.82, 2.24) is 10.1 Å². The second-order valence-corrected chi connectivity index (χ2v) is 4.82. The van der Waals surface area contributed by atoms with Crippen molar-refractivity contribution in [3.63, 3.8) is 0 Å². The van der Waals surface area contributed by atoms with Crippen LogP contribution in [0.15, 0.2) is 22.7 Å². The fraction of sp³-hybridized carbons (Fsp3) is 0.385. The second-order valence-electron chi connectivity index (χ2n) is 4.82. The average molecular weight is 265 g/mol. The Morgan fingerprint density at radius 2 is 1.89 bits per heavy atom. The van der Waals surface area contributed by atoms with Crippen LogP contribution < -0.4 is 5.73 Å². The molecule has 0 spiro atoms. The summed E-state index contributed by atoms with van der Waals surface area (Å²) in [4.78, 5) is 4.20. The van der Waals surface area contributed by atoms with Crippen LogP contribution in [0.2, 0.25) is 0 Å². The Morgan fingerprint density at radius 3 is 2.53 bits per heavy atom. The highest BCUT2D eigenvalue weighted by Gasteiger charge is 2.30. The molecule has 2 aromatic rings. The molecule has 6 heteroatoms. The lowest BCUT2D eigenvalue weighted by molar-refractivity contribution is 0.345. The summed E-state index contributed by atoms with van der Waals surface area (Å²) in [7, 11) is 0. The van der Waals surface area contributed by atoms with E-state index in [4.69, 9.17) is 10.3 Å². The summed E-state index contributed by atoms with van der Waals surface area (Å²) in [5.74, 6) is -0.658. The maximum Gasteiger partial charge on any atom is 0.231 e. The van der Waals surface area contributed by atoms with Gasteiger partial charge in [0.15, 0.2) is 0 Å². The van der Waals surface area contributed by atoms with E-state index in [1.165, 1.54) is 12.1 Å². The predicted molar refractivity (Wildman–Crippen MR) is 64.2 cm³/mol. The molecule has 0 aliphatic heterocycles. The minimum atomic E-state index is -0.668. The number of halogens is 2. The van der Waals surface area contributed by atoms with Gasteiger partial charge in [0.05, 0.1) is 5.92 Å². The molecule has 1 aromatic carbocycles. The lowest BCUT2D eigenvalue weighted by atomic mass is 10.1. The summed E-state index contributed by atoms with van der Waals surface area (Å²) in [6.07, 6.45) is 2.86. The van der Waals surface area contributed by atoms with Gasteiger partial charge in [0, 0.05) is 17.7 Å². The smallest absolute Gasteiger partial charge is 0.231 e. The molecule has 100 valence electrons. The quantitative estimate of drug-likeness (QED) is 0.906. The maximum atomic E-state index is 13.1. The average Bonchev–Trinajstić information content (AvgIpc) is 2.95. The number of hydrogen-bond donors (Lipinski definition) is 1. The SMILES string of the molecule is NC1CCCC1c1nc(-c2cc(F)cc(F)c2)no1. The first kappa shape index (κ1) is 12.2. The van der Waals surface area contributed by atoms with Crippen LogP contribution in [0.3, 0.4) is 0 Å². The molecule has 1 aliphatic carbocycles. The van der Waals surface area contributed by atoms with Gasteiger partial charge in [-0.3, -0.25) is 0 Å². The number of rotatable bonds is 2. The van der Waals surface area contributed by atoms with Gasteiger partial charge in [0.1, 0.15) is 11.6 Å². The topological polar surface area (TPSA) is 64.9 Å². The number of aromatic nitrogens is 2. The second kappa shape index (κ2) is 4.70. The number of hydrogen-bond acceptors (Lipinski definition) is 4. The van der Waals surface area contributed by atoms with E-state index >= 15 is 0 Å². The number of nitrogens with zero attached hydrogens (tertiary/aromatic N) is 2. The van der Waals surface area contributed by atoms with E-state index in [-0.39, 0.29) is 23.3 Å². The molecule has 2 N–H and O–H groups in total. The fourth-order valence-electron chi connectivity index (χ4n) is 2.48. The normalized spacial score (nSPS) is 22.9. The molecule has 1 aliphatic rings. The largest absolute Gasteiger partial charge is 0.339 e. The van der Waals surface area contributed by atoms with Crippen molar-refractivity contribution in [3.8, 4) is 11.4 Å². The van der Waals surface area contributed by atoms with Gasteiger partial charge in [-0.15, -0.1) is 0 Å². The molecule has 0 amide bonds. The Hall–Kier alpha value is -1.82. The van der Waals surface area contributed by atoms with Gasteiger partial charge in [0.2, 0.25) is 11.7 Å². The van der Waals surface area contributed by atoms with Crippen LogP contribution in [0, 0.1) is 11.6 Å². The van der Waals surface area contributed by atoms with Crippen LogP contribution in [0.1, 0.15) is 31.1 Å². The van der Waals surface area contributed by atoms with Crippen molar-refractivity contribution in [3.05, 3.63) is 35.7 Å². The zero-order valence-electron chi connectivity index (χ0n) is 10.1. The van der Waals surface area contributed by atoms with Gasteiger partial charge in [-0.05, 0) is 25.0 Å². The van der Waals surface area contributed by atoms with Gasteiger partial charge < -0.3 is 10.3 Å². The van der Waals surface area contributed by atoms with Crippen LogP contribution in [0.25, 0.3) is 11.4 Å². The molecule has 1 heterocycles. The first-order valence-electron chi connectivity index (χ1n) is 6.19. The summed E-state index contributed by atoms with van der Waals surface area (Å²) >= 11 is 0. The van der Waals surface area contributed by atoms with E-state index in [1.807, 2.05) is 0 Å². The van der Waals surface area contributed by atoms with E-state index in [0.717, 1.165) is 25.3 Å². The highest BCUT2D eigenvalue weighted by molar-refractivity contribution is 5.54. The standard InChI is InChI=1S/C13H13F2N3O/c14-8-4-7(5-9(15)6-8)12-17-13(19-18-12)10-2-1-3-11(10)16/h4-6,10-11H,1-3,16H2. The Morgan fingerprint density at radius 1 is 1.16 bits per heavy atom. The molecule has 4 nitrogen and oxygen atoms in total. The van der Waals surface area contributed by atoms with Gasteiger partial charge in [0.25, 0.3) is 0 Å². The summed E-state index contributed by atoms with van der Waals surface area (Å²) in [6.45, 7) is 0. The minimum absolute atomic E-state index is 0.0116. The third-order valence-corrected chi connectivity index (χ3v) is 3.45. The van der Waals surface area contributed by atoms with Crippen LogP contribution in [-0.2, 0) is 0 Å². The lowest BCUT2D eigenvalue weighted by Gasteiger charge is -2.08. The Bertz CT molecular complexity index is 579. The number of nitrogens with two attached hydrogens (primary N) is 1. The van der Waals surface area contributed by atoms with Crippen LogP contribution in [-0.4, -0.2) is 16.2 Å². The molecule has 3 rings (SSSR count). The zero-order valence-corrected chi connectivity index (χ0v) is 10.1. The van der Waals surface area contributed by atoms with Crippen molar-refractivity contribution in [2.24, 2.45) is 5.73 Å². The monoisotopic (exact) mass is 265 g/mol. The van der Waals surface area contributed by atoms with E-state index < -0.39 is 11.6 Å². The lowest BCUT2D eigenvalue weighted by Crippen LogP contribution is -2.22. The highest BCUT2D eigenvalue weighted by Crippen LogP contribution is 2.33. The highest BCUT2D eigenvalue weighted by atomic mass is 19.1. The van der Waals surface area contributed by atoms with Crippen LogP contribution in [0.5, 0.6) is 0 Å². The van der Waals surface area contributed by atoms with Crippen LogP contribution >= 0.6 is 0 Å². The van der Waals surface area contributed by atoms with Gasteiger partial charge >= 0.3 is 0 Å². The van der Waals surface area contributed by atoms with Crippen molar-refractivity contribution in [2.75, 3.05) is 0 Å². The van der Waals surface area contributed by atoms with Gasteiger partial charge in [-0.25, -0.2) is 8.78 Å². The van der Waals surface area contributed by atoms with Crippen molar-refractivity contribution in [1.29, 1.82) is 0 Å². The molecule has 0 radical (unpaired) electrons. The Kier molecular flexibility index (Phi) is 3.02. The van der Waals surface area contributed by atoms with Crippen LogP contribution in [0.4, 0.5) is 8.78 Å². The molecular weight excluding hydrogens is 252 g/mol. The summed E-state index contributed by atoms with van der Waals surface area (Å²) in [5, 5.41) is 3.77. The van der Waals surface area contributed by atoms with Crippen molar-refractivity contribution in [2.45, 2.75) is 31.2 Å². The molecular formula is C13H13F2N3O. The molecule has 0 saturated heterocycles.